The van der Waals surface area contributed by atoms with Crippen molar-refractivity contribution in [2.75, 3.05) is 6.54 Å². The van der Waals surface area contributed by atoms with Gasteiger partial charge in [-0.05, 0) is 24.0 Å². The number of amides is 1. The summed E-state index contributed by atoms with van der Waals surface area (Å²) in [5, 5.41) is 12.3. The number of phenolic OH excluding ortho intramolecular Hbond substituents is 1. The first-order chi connectivity index (χ1) is 7.59. The molecule has 1 aromatic rings. The van der Waals surface area contributed by atoms with Gasteiger partial charge >= 0.3 is 0 Å². The van der Waals surface area contributed by atoms with E-state index >= 15 is 0 Å². The van der Waals surface area contributed by atoms with E-state index in [4.69, 9.17) is 0 Å². The van der Waals surface area contributed by atoms with Crippen molar-refractivity contribution in [2.45, 2.75) is 26.7 Å². The lowest BCUT2D eigenvalue weighted by molar-refractivity contribution is -0.121. The van der Waals surface area contributed by atoms with Crippen LogP contribution in [0.25, 0.3) is 0 Å². The van der Waals surface area contributed by atoms with Gasteiger partial charge in [0, 0.05) is 13.0 Å². The lowest BCUT2D eigenvalue weighted by atomic mass is 10.1. The summed E-state index contributed by atoms with van der Waals surface area (Å²) in [6.07, 6.45) is 1.22. The molecule has 0 aliphatic rings. The van der Waals surface area contributed by atoms with E-state index in [0.29, 0.717) is 31.1 Å². The van der Waals surface area contributed by atoms with Crippen LogP contribution in [0.1, 0.15) is 25.8 Å². The quantitative estimate of drug-likeness (QED) is 0.800. The number of nitrogens with one attached hydrogen (secondary N) is 1. The topological polar surface area (TPSA) is 49.3 Å². The highest BCUT2D eigenvalue weighted by Gasteiger charge is 2.04. The van der Waals surface area contributed by atoms with E-state index in [1.54, 1.807) is 12.1 Å². The first kappa shape index (κ1) is 12.6. The van der Waals surface area contributed by atoms with E-state index in [9.17, 15) is 9.90 Å². The Hall–Kier alpha value is -1.51. The first-order valence-electron chi connectivity index (χ1n) is 5.63. The van der Waals surface area contributed by atoms with Crippen molar-refractivity contribution in [3.63, 3.8) is 0 Å². The monoisotopic (exact) mass is 221 g/mol. The molecule has 0 unspecified atom stereocenters. The third-order valence-corrected chi connectivity index (χ3v) is 2.30. The molecule has 2 N–H and O–H groups in total. The Bertz CT molecular complexity index is 348. The number of carbonyl (C=O) groups is 1. The van der Waals surface area contributed by atoms with Gasteiger partial charge in [0.1, 0.15) is 5.75 Å². The fourth-order valence-corrected chi connectivity index (χ4v) is 1.50. The standard InChI is InChI=1S/C13H19NO2/c1-10(2)9-13(16)14-8-7-11-5-3-4-6-12(11)15/h3-6,10,15H,7-9H2,1-2H3,(H,14,16). The largest absolute Gasteiger partial charge is 0.508 e. The van der Waals surface area contributed by atoms with Gasteiger partial charge in [0.25, 0.3) is 0 Å². The van der Waals surface area contributed by atoms with E-state index in [1.165, 1.54) is 0 Å². The van der Waals surface area contributed by atoms with Crippen molar-refractivity contribution in [2.24, 2.45) is 5.92 Å². The number of para-hydroxylation sites is 1. The van der Waals surface area contributed by atoms with Gasteiger partial charge in [-0.3, -0.25) is 4.79 Å². The Labute approximate surface area is 96.5 Å². The van der Waals surface area contributed by atoms with E-state index in [1.807, 2.05) is 26.0 Å². The molecule has 0 saturated heterocycles. The second-order valence-electron chi connectivity index (χ2n) is 4.33. The van der Waals surface area contributed by atoms with Crippen LogP contribution >= 0.6 is 0 Å². The van der Waals surface area contributed by atoms with Gasteiger partial charge < -0.3 is 10.4 Å². The molecule has 0 fully saturated rings. The van der Waals surface area contributed by atoms with Crippen LogP contribution in [0, 0.1) is 5.92 Å². The molecule has 0 bridgehead atoms. The van der Waals surface area contributed by atoms with Crippen molar-refractivity contribution < 1.29 is 9.90 Å². The molecule has 16 heavy (non-hydrogen) atoms. The number of phenols is 1. The van der Waals surface area contributed by atoms with Crippen LogP contribution in [0.4, 0.5) is 0 Å². The van der Waals surface area contributed by atoms with Gasteiger partial charge in [-0.15, -0.1) is 0 Å². The molecule has 0 aliphatic heterocycles. The van der Waals surface area contributed by atoms with Crippen molar-refractivity contribution in [3.05, 3.63) is 29.8 Å². The Kier molecular flexibility index (Phi) is 4.83. The molecule has 3 nitrogen and oxygen atoms in total. The molecule has 1 aromatic carbocycles. The number of hydrogen-bond acceptors (Lipinski definition) is 2. The molecule has 1 rings (SSSR count). The molecule has 0 heterocycles. The SMILES string of the molecule is CC(C)CC(=O)NCCc1ccccc1O. The normalized spacial score (nSPS) is 10.4. The Morgan fingerprint density at radius 1 is 1.38 bits per heavy atom. The van der Waals surface area contributed by atoms with Gasteiger partial charge in [0.15, 0.2) is 0 Å². The number of aromatic hydroxyl groups is 1. The van der Waals surface area contributed by atoms with Crippen molar-refractivity contribution in [1.82, 2.24) is 5.32 Å². The predicted molar refractivity (Wildman–Crippen MR) is 64.3 cm³/mol. The number of benzene rings is 1. The lowest BCUT2D eigenvalue weighted by Gasteiger charge is -2.07. The Balaban J connectivity index is 2.31. The molecular weight excluding hydrogens is 202 g/mol. The maximum absolute atomic E-state index is 11.4. The Morgan fingerprint density at radius 3 is 2.69 bits per heavy atom. The molecule has 88 valence electrons. The first-order valence-corrected chi connectivity index (χ1v) is 5.63. The fraction of sp³-hybridized carbons (Fsp3) is 0.462. The minimum Gasteiger partial charge on any atom is -0.508 e. The summed E-state index contributed by atoms with van der Waals surface area (Å²) in [5.74, 6) is 0.746. The molecule has 0 saturated carbocycles. The molecule has 0 radical (unpaired) electrons. The highest BCUT2D eigenvalue weighted by molar-refractivity contribution is 5.76. The highest BCUT2D eigenvalue weighted by atomic mass is 16.3. The molecular formula is C13H19NO2. The highest BCUT2D eigenvalue weighted by Crippen LogP contribution is 2.15. The second kappa shape index (κ2) is 6.16. The van der Waals surface area contributed by atoms with Gasteiger partial charge in [0.05, 0.1) is 0 Å². The zero-order valence-electron chi connectivity index (χ0n) is 9.86. The van der Waals surface area contributed by atoms with Crippen LogP contribution in [0.5, 0.6) is 5.75 Å². The molecule has 3 heteroatoms. The summed E-state index contributed by atoms with van der Waals surface area (Å²) >= 11 is 0. The lowest BCUT2D eigenvalue weighted by Crippen LogP contribution is -2.26. The van der Waals surface area contributed by atoms with Crippen LogP contribution in [-0.4, -0.2) is 17.6 Å². The molecule has 0 aliphatic carbocycles. The molecule has 1 amide bonds. The van der Waals surface area contributed by atoms with Crippen molar-refractivity contribution in [3.8, 4) is 5.75 Å². The van der Waals surface area contributed by atoms with Crippen LogP contribution in [0.3, 0.4) is 0 Å². The average Bonchev–Trinajstić information content (AvgIpc) is 2.19. The van der Waals surface area contributed by atoms with E-state index in [0.717, 1.165) is 5.56 Å². The van der Waals surface area contributed by atoms with Gasteiger partial charge in [-0.1, -0.05) is 32.0 Å². The smallest absolute Gasteiger partial charge is 0.220 e. The minimum absolute atomic E-state index is 0.0745. The number of rotatable bonds is 5. The fourth-order valence-electron chi connectivity index (χ4n) is 1.50. The summed E-state index contributed by atoms with van der Waals surface area (Å²) in [6.45, 7) is 4.61. The van der Waals surface area contributed by atoms with Gasteiger partial charge in [-0.2, -0.15) is 0 Å². The van der Waals surface area contributed by atoms with Crippen LogP contribution in [0.2, 0.25) is 0 Å². The molecule has 0 spiro atoms. The number of carbonyl (C=O) groups excluding carboxylic acids is 1. The summed E-state index contributed by atoms with van der Waals surface area (Å²) in [5.41, 5.74) is 0.868. The zero-order chi connectivity index (χ0) is 12.0. The Morgan fingerprint density at radius 2 is 2.06 bits per heavy atom. The van der Waals surface area contributed by atoms with E-state index in [-0.39, 0.29) is 5.91 Å². The predicted octanol–water partition coefficient (Wildman–Crippen LogP) is 2.10. The number of hydrogen-bond donors (Lipinski definition) is 2. The van der Waals surface area contributed by atoms with Crippen LogP contribution in [0.15, 0.2) is 24.3 Å². The summed E-state index contributed by atoms with van der Waals surface area (Å²) in [4.78, 5) is 11.4. The third-order valence-electron chi connectivity index (χ3n) is 2.30. The van der Waals surface area contributed by atoms with Gasteiger partial charge in [-0.25, -0.2) is 0 Å². The maximum atomic E-state index is 11.4. The average molecular weight is 221 g/mol. The van der Waals surface area contributed by atoms with Crippen LogP contribution < -0.4 is 5.32 Å². The summed E-state index contributed by atoms with van der Waals surface area (Å²) < 4.78 is 0. The second-order valence-corrected chi connectivity index (χ2v) is 4.33. The van der Waals surface area contributed by atoms with Gasteiger partial charge in [0.2, 0.25) is 5.91 Å². The summed E-state index contributed by atoms with van der Waals surface area (Å²) in [6, 6.07) is 7.19. The zero-order valence-corrected chi connectivity index (χ0v) is 9.86. The third kappa shape index (κ3) is 4.34. The van der Waals surface area contributed by atoms with Crippen molar-refractivity contribution >= 4 is 5.91 Å². The summed E-state index contributed by atoms with van der Waals surface area (Å²) in [7, 11) is 0. The molecule has 0 atom stereocenters. The maximum Gasteiger partial charge on any atom is 0.220 e. The van der Waals surface area contributed by atoms with E-state index in [2.05, 4.69) is 5.32 Å². The van der Waals surface area contributed by atoms with Crippen LogP contribution in [-0.2, 0) is 11.2 Å². The minimum atomic E-state index is 0.0745. The van der Waals surface area contributed by atoms with Crippen molar-refractivity contribution in [1.29, 1.82) is 0 Å². The molecule has 0 aromatic heterocycles. The van der Waals surface area contributed by atoms with E-state index < -0.39 is 0 Å².